The highest BCUT2D eigenvalue weighted by Gasteiger charge is 2.34. The van der Waals surface area contributed by atoms with E-state index in [1.807, 2.05) is 12.1 Å². The maximum absolute atomic E-state index is 13.5. The summed E-state index contributed by atoms with van der Waals surface area (Å²) in [6.45, 7) is 1.49. The summed E-state index contributed by atoms with van der Waals surface area (Å²) in [5.41, 5.74) is 1.95. The molecule has 1 N–H and O–H groups in total. The molecule has 0 saturated carbocycles. The van der Waals surface area contributed by atoms with E-state index in [4.69, 9.17) is 32.7 Å². The van der Waals surface area contributed by atoms with Crippen LogP contribution in [0, 0.1) is 0 Å². The zero-order valence-electron chi connectivity index (χ0n) is 23.6. The molecule has 4 rings (SSSR count). The van der Waals surface area contributed by atoms with Crippen molar-refractivity contribution in [3.63, 3.8) is 0 Å². The van der Waals surface area contributed by atoms with Gasteiger partial charge in [0, 0.05) is 5.02 Å². The molecule has 0 radical (unpaired) electrons. The fourth-order valence-corrected chi connectivity index (χ4v) is 5.83. The summed E-state index contributed by atoms with van der Waals surface area (Å²) in [7, 11) is -4.52. The minimum Gasteiger partial charge on any atom is -0.490 e. The Morgan fingerprint density at radius 2 is 1.64 bits per heavy atom. The van der Waals surface area contributed by atoms with E-state index in [1.165, 1.54) is 30.5 Å². The number of hydrogen-bond donors (Lipinski definition) is 1. The molecule has 0 saturated heterocycles. The molecular weight excluding hydrogens is 654 g/mol. The average molecular weight is 681 g/mol. The van der Waals surface area contributed by atoms with Gasteiger partial charge in [0.05, 0.1) is 34.0 Å². The lowest BCUT2D eigenvalue weighted by Crippen LogP contribution is -2.40. The topological polar surface area (TPSA) is 97.3 Å². The second-order valence-corrected chi connectivity index (χ2v) is 12.0. The minimum absolute atomic E-state index is 0.253. The van der Waals surface area contributed by atoms with Crippen LogP contribution in [0.25, 0.3) is 0 Å². The molecule has 14 heteroatoms. The molecular formula is C31H26Cl2F3N3O5S. The van der Waals surface area contributed by atoms with Crippen LogP contribution in [0.2, 0.25) is 10.0 Å². The smallest absolute Gasteiger partial charge is 0.416 e. The molecule has 0 fully saturated rings. The van der Waals surface area contributed by atoms with E-state index in [1.54, 1.807) is 43.3 Å². The SMILES string of the molecule is CCOc1cc(/C=N/NC(=O)CN(c2cc(C(F)(F)F)ccc2Cl)S(=O)(=O)c2ccccc2)ccc1OCc1ccc(Cl)cc1. The first-order chi connectivity index (χ1) is 21.4. The average Bonchev–Trinajstić information content (AvgIpc) is 3.00. The number of hydrogen-bond acceptors (Lipinski definition) is 6. The summed E-state index contributed by atoms with van der Waals surface area (Å²) >= 11 is 12.1. The normalized spacial score (nSPS) is 11.8. The molecule has 236 valence electrons. The Balaban J connectivity index is 1.53. The number of anilines is 1. The number of alkyl halides is 3. The Bertz CT molecular complexity index is 1770. The van der Waals surface area contributed by atoms with Gasteiger partial charge in [-0.05, 0) is 78.7 Å². The first kappa shape index (κ1) is 33.6. The Morgan fingerprint density at radius 3 is 2.31 bits per heavy atom. The standard InChI is InChI=1S/C31H26Cl2F3N3O5S/c1-2-43-29-16-22(10-15-28(29)44-20-21-8-12-24(32)13-9-21)18-37-38-30(40)19-39(45(41,42)25-6-4-3-5-7-25)27-17-23(31(34,35)36)11-14-26(27)33/h3-18H,2,19-20H2,1H3,(H,38,40)/b37-18+. The Morgan fingerprint density at radius 1 is 0.933 bits per heavy atom. The van der Waals surface area contributed by atoms with E-state index in [-0.39, 0.29) is 16.5 Å². The molecule has 4 aromatic carbocycles. The third kappa shape index (κ3) is 8.90. The molecule has 0 spiro atoms. The predicted molar refractivity (Wildman–Crippen MR) is 167 cm³/mol. The van der Waals surface area contributed by atoms with Crippen LogP contribution < -0.4 is 19.2 Å². The minimum atomic E-state index is -4.79. The first-order valence-electron chi connectivity index (χ1n) is 13.3. The van der Waals surface area contributed by atoms with E-state index >= 15 is 0 Å². The number of benzene rings is 4. The number of nitrogens with zero attached hydrogens (tertiary/aromatic N) is 2. The van der Waals surface area contributed by atoms with Crippen LogP contribution in [-0.2, 0) is 27.6 Å². The molecule has 0 aliphatic rings. The van der Waals surface area contributed by atoms with Crippen LogP contribution in [0.15, 0.2) is 101 Å². The number of amides is 1. The highest BCUT2D eigenvalue weighted by Crippen LogP contribution is 2.37. The van der Waals surface area contributed by atoms with Gasteiger partial charge < -0.3 is 9.47 Å². The number of ether oxygens (including phenoxy) is 2. The van der Waals surface area contributed by atoms with Crippen LogP contribution in [0.4, 0.5) is 18.9 Å². The van der Waals surface area contributed by atoms with Crippen molar-refractivity contribution < 1.29 is 35.9 Å². The second-order valence-electron chi connectivity index (χ2n) is 9.34. The van der Waals surface area contributed by atoms with Gasteiger partial charge in [-0.2, -0.15) is 18.3 Å². The Kier molecular flexibility index (Phi) is 11.0. The molecule has 0 aliphatic heterocycles. The number of sulfonamides is 1. The molecule has 0 unspecified atom stereocenters. The number of rotatable bonds is 12. The number of carbonyl (C=O) groups is 1. The highest BCUT2D eigenvalue weighted by atomic mass is 35.5. The van der Waals surface area contributed by atoms with Gasteiger partial charge in [0.2, 0.25) is 0 Å². The molecule has 4 aromatic rings. The van der Waals surface area contributed by atoms with Crippen molar-refractivity contribution in [1.82, 2.24) is 5.43 Å². The number of nitrogens with one attached hydrogen (secondary N) is 1. The molecule has 0 heterocycles. The quantitative estimate of drug-likeness (QED) is 0.125. The fraction of sp³-hybridized carbons (Fsp3) is 0.161. The number of carbonyl (C=O) groups excluding carboxylic acids is 1. The third-order valence-electron chi connectivity index (χ3n) is 6.14. The molecule has 0 aliphatic carbocycles. The predicted octanol–water partition coefficient (Wildman–Crippen LogP) is 7.34. The van der Waals surface area contributed by atoms with E-state index in [9.17, 15) is 26.4 Å². The van der Waals surface area contributed by atoms with Crippen LogP contribution in [-0.4, -0.2) is 33.7 Å². The highest BCUT2D eigenvalue weighted by molar-refractivity contribution is 7.92. The first-order valence-corrected chi connectivity index (χ1v) is 15.5. The molecule has 8 nitrogen and oxygen atoms in total. The second kappa shape index (κ2) is 14.7. The molecule has 0 atom stereocenters. The summed E-state index contributed by atoms with van der Waals surface area (Å²) in [5.74, 6) is -0.0547. The molecule has 45 heavy (non-hydrogen) atoms. The van der Waals surface area contributed by atoms with Crippen molar-refractivity contribution in [1.29, 1.82) is 0 Å². The van der Waals surface area contributed by atoms with Gasteiger partial charge in [0.25, 0.3) is 15.9 Å². The van der Waals surface area contributed by atoms with Crippen molar-refractivity contribution in [3.05, 3.63) is 118 Å². The van der Waals surface area contributed by atoms with E-state index in [0.29, 0.717) is 45.1 Å². The third-order valence-corrected chi connectivity index (χ3v) is 8.48. The fourth-order valence-electron chi connectivity index (χ4n) is 3.98. The van der Waals surface area contributed by atoms with Crippen molar-refractivity contribution >= 4 is 51.0 Å². The zero-order chi connectivity index (χ0) is 32.6. The molecule has 1 amide bonds. The van der Waals surface area contributed by atoms with Crippen LogP contribution >= 0.6 is 23.2 Å². The zero-order valence-corrected chi connectivity index (χ0v) is 25.9. The van der Waals surface area contributed by atoms with Crippen LogP contribution in [0.5, 0.6) is 11.5 Å². The summed E-state index contributed by atoms with van der Waals surface area (Å²) in [6, 6.07) is 21.3. The summed E-state index contributed by atoms with van der Waals surface area (Å²) in [6.07, 6.45) is -3.50. The van der Waals surface area contributed by atoms with Gasteiger partial charge in [-0.3, -0.25) is 9.10 Å². The van der Waals surface area contributed by atoms with E-state index in [2.05, 4.69) is 10.5 Å². The Labute approximate surface area is 268 Å². The lowest BCUT2D eigenvalue weighted by atomic mass is 10.2. The van der Waals surface area contributed by atoms with Crippen molar-refractivity contribution in [2.45, 2.75) is 24.6 Å². The lowest BCUT2D eigenvalue weighted by Gasteiger charge is -2.25. The van der Waals surface area contributed by atoms with Gasteiger partial charge in [-0.1, -0.05) is 53.5 Å². The summed E-state index contributed by atoms with van der Waals surface area (Å²) < 4.78 is 79.5. The van der Waals surface area contributed by atoms with Gasteiger partial charge in [-0.25, -0.2) is 13.8 Å². The Hall–Kier alpha value is -4.26. The van der Waals surface area contributed by atoms with Gasteiger partial charge >= 0.3 is 6.18 Å². The van der Waals surface area contributed by atoms with Crippen molar-refractivity contribution in [2.24, 2.45) is 5.10 Å². The largest absolute Gasteiger partial charge is 0.490 e. The monoisotopic (exact) mass is 679 g/mol. The van der Waals surface area contributed by atoms with E-state index in [0.717, 1.165) is 11.6 Å². The van der Waals surface area contributed by atoms with Crippen LogP contribution in [0.3, 0.4) is 0 Å². The van der Waals surface area contributed by atoms with Gasteiger partial charge in [0.15, 0.2) is 11.5 Å². The van der Waals surface area contributed by atoms with E-state index < -0.39 is 39.9 Å². The summed E-state index contributed by atoms with van der Waals surface area (Å²) in [4.78, 5) is 12.7. The van der Waals surface area contributed by atoms with Crippen LogP contribution in [0.1, 0.15) is 23.6 Å². The van der Waals surface area contributed by atoms with Gasteiger partial charge in [0.1, 0.15) is 13.2 Å². The number of hydrazone groups is 1. The molecule has 0 aromatic heterocycles. The maximum Gasteiger partial charge on any atom is 0.416 e. The van der Waals surface area contributed by atoms with Crippen molar-refractivity contribution in [2.75, 3.05) is 17.5 Å². The number of halogens is 5. The summed E-state index contributed by atoms with van der Waals surface area (Å²) in [5, 5.41) is 4.19. The lowest BCUT2D eigenvalue weighted by molar-refractivity contribution is -0.137. The van der Waals surface area contributed by atoms with Gasteiger partial charge in [-0.15, -0.1) is 0 Å². The van der Waals surface area contributed by atoms with Crippen molar-refractivity contribution in [3.8, 4) is 11.5 Å². The molecule has 0 bridgehead atoms. The maximum atomic E-state index is 13.5.